The van der Waals surface area contributed by atoms with Crippen molar-refractivity contribution in [2.24, 2.45) is 4.99 Å². The third kappa shape index (κ3) is 3.89. The summed E-state index contributed by atoms with van der Waals surface area (Å²) >= 11 is 1.54. The Balaban J connectivity index is 1.61. The SMILES string of the molecule is CCCn1c(=NC(=O)c2ccc(Oc3ccccc3)cc2)sc2ccccc21. The molecule has 28 heavy (non-hydrogen) atoms. The summed E-state index contributed by atoms with van der Waals surface area (Å²) in [5, 5.41) is 0. The highest BCUT2D eigenvalue weighted by atomic mass is 32.1. The number of benzene rings is 3. The van der Waals surface area contributed by atoms with Crippen LogP contribution in [0.1, 0.15) is 23.7 Å². The zero-order valence-electron chi connectivity index (χ0n) is 15.5. The van der Waals surface area contributed by atoms with Crippen molar-refractivity contribution in [3.8, 4) is 11.5 Å². The number of hydrogen-bond donors (Lipinski definition) is 0. The minimum absolute atomic E-state index is 0.248. The molecule has 1 aromatic heterocycles. The van der Waals surface area contributed by atoms with Crippen LogP contribution in [0, 0.1) is 0 Å². The summed E-state index contributed by atoms with van der Waals surface area (Å²) < 4.78 is 9.03. The molecule has 3 aromatic carbocycles. The molecular weight excluding hydrogens is 368 g/mol. The van der Waals surface area contributed by atoms with E-state index >= 15 is 0 Å². The van der Waals surface area contributed by atoms with Gasteiger partial charge in [0.15, 0.2) is 4.80 Å². The molecule has 0 aliphatic heterocycles. The molecule has 0 aliphatic rings. The van der Waals surface area contributed by atoms with Gasteiger partial charge >= 0.3 is 0 Å². The van der Waals surface area contributed by atoms with Crippen LogP contribution in [-0.4, -0.2) is 10.5 Å². The number of thiazole rings is 1. The maximum atomic E-state index is 12.7. The first kappa shape index (κ1) is 18.2. The summed E-state index contributed by atoms with van der Waals surface area (Å²) in [5.41, 5.74) is 1.66. The van der Waals surface area contributed by atoms with E-state index in [4.69, 9.17) is 4.74 Å². The van der Waals surface area contributed by atoms with Crippen LogP contribution in [0.3, 0.4) is 0 Å². The number of fused-ring (bicyclic) bond motifs is 1. The Hall–Kier alpha value is -3.18. The molecule has 4 rings (SSSR count). The second-order valence-corrected chi connectivity index (χ2v) is 7.37. The predicted octanol–water partition coefficient (Wildman–Crippen LogP) is 5.65. The lowest BCUT2D eigenvalue weighted by molar-refractivity contribution is 0.0998. The van der Waals surface area contributed by atoms with Gasteiger partial charge in [0.05, 0.1) is 10.2 Å². The van der Waals surface area contributed by atoms with Crippen LogP contribution in [0.15, 0.2) is 83.9 Å². The molecule has 1 amide bonds. The number of carbonyl (C=O) groups excluding carboxylic acids is 1. The van der Waals surface area contributed by atoms with E-state index < -0.39 is 0 Å². The first-order valence-electron chi connectivity index (χ1n) is 9.25. The molecule has 0 fully saturated rings. The predicted molar refractivity (Wildman–Crippen MR) is 113 cm³/mol. The minimum Gasteiger partial charge on any atom is -0.457 e. The van der Waals surface area contributed by atoms with Gasteiger partial charge in [-0.2, -0.15) is 4.99 Å². The van der Waals surface area contributed by atoms with E-state index in [1.165, 1.54) is 0 Å². The van der Waals surface area contributed by atoms with Crippen molar-refractivity contribution in [2.45, 2.75) is 19.9 Å². The number of amides is 1. The highest BCUT2D eigenvalue weighted by Gasteiger charge is 2.09. The first-order chi connectivity index (χ1) is 13.7. The molecular formula is C23H20N2O2S. The number of nitrogens with zero attached hydrogens (tertiary/aromatic N) is 2. The smallest absolute Gasteiger partial charge is 0.279 e. The van der Waals surface area contributed by atoms with Crippen LogP contribution in [-0.2, 0) is 6.54 Å². The molecule has 0 spiro atoms. The Kier molecular flexibility index (Phi) is 5.35. The van der Waals surface area contributed by atoms with Crippen molar-refractivity contribution < 1.29 is 9.53 Å². The number of hydrogen-bond acceptors (Lipinski definition) is 3. The minimum atomic E-state index is -0.248. The van der Waals surface area contributed by atoms with E-state index in [2.05, 4.69) is 28.6 Å². The summed E-state index contributed by atoms with van der Waals surface area (Å²) in [6.07, 6.45) is 0.980. The Morgan fingerprint density at radius 3 is 2.36 bits per heavy atom. The molecule has 0 atom stereocenters. The van der Waals surface area contributed by atoms with E-state index in [1.54, 1.807) is 35.6 Å². The molecule has 140 valence electrons. The highest BCUT2D eigenvalue weighted by molar-refractivity contribution is 7.16. The van der Waals surface area contributed by atoms with Crippen LogP contribution in [0.2, 0.25) is 0 Å². The third-order valence-electron chi connectivity index (χ3n) is 4.31. The van der Waals surface area contributed by atoms with Crippen molar-refractivity contribution in [3.63, 3.8) is 0 Å². The Morgan fingerprint density at radius 2 is 1.61 bits per heavy atom. The van der Waals surface area contributed by atoms with Crippen LogP contribution >= 0.6 is 11.3 Å². The van der Waals surface area contributed by atoms with E-state index in [1.807, 2.05) is 42.5 Å². The average Bonchev–Trinajstić information content (AvgIpc) is 3.07. The van der Waals surface area contributed by atoms with Crippen LogP contribution in [0.25, 0.3) is 10.2 Å². The Bertz CT molecular complexity index is 1160. The van der Waals surface area contributed by atoms with Crippen molar-refractivity contribution in [1.29, 1.82) is 0 Å². The number of para-hydroxylation sites is 2. The molecule has 4 aromatic rings. The molecule has 0 unspecified atom stereocenters. The maximum absolute atomic E-state index is 12.7. The molecule has 5 heteroatoms. The zero-order chi connectivity index (χ0) is 19.3. The maximum Gasteiger partial charge on any atom is 0.279 e. The van der Waals surface area contributed by atoms with E-state index in [9.17, 15) is 4.79 Å². The fraction of sp³-hybridized carbons (Fsp3) is 0.130. The van der Waals surface area contributed by atoms with Gasteiger partial charge in [0.2, 0.25) is 0 Å². The quantitative estimate of drug-likeness (QED) is 0.444. The van der Waals surface area contributed by atoms with Crippen molar-refractivity contribution in [2.75, 3.05) is 0 Å². The molecule has 0 bridgehead atoms. The first-order valence-corrected chi connectivity index (χ1v) is 10.1. The van der Waals surface area contributed by atoms with Crippen LogP contribution < -0.4 is 9.54 Å². The number of aromatic nitrogens is 1. The van der Waals surface area contributed by atoms with Crippen molar-refractivity contribution in [1.82, 2.24) is 4.57 Å². The third-order valence-corrected chi connectivity index (χ3v) is 5.37. The van der Waals surface area contributed by atoms with E-state index in [0.717, 1.165) is 33.7 Å². The van der Waals surface area contributed by atoms with Gasteiger partial charge in [0.1, 0.15) is 11.5 Å². The number of aryl methyl sites for hydroxylation is 1. The fourth-order valence-electron chi connectivity index (χ4n) is 2.99. The normalized spacial score (nSPS) is 11.7. The molecule has 4 nitrogen and oxygen atoms in total. The Morgan fingerprint density at radius 1 is 0.929 bits per heavy atom. The van der Waals surface area contributed by atoms with Gasteiger partial charge in [-0.1, -0.05) is 48.6 Å². The summed E-state index contributed by atoms with van der Waals surface area (Å²) in [7, 11) is 0. The number of ether oxygens (including phenoxy) is 1. The zero-order valence-corrected chi connectivity index (χ0v) is 16.4. The second kappa shape index (κ2) is 8.23. The molecule has 0 radical (unpaired) electrons. The highest BCUT2D eigenvalue weighted by Crippen LogP contribution is 2.21. The average molecular weight is 388 g/mol. The number of carbonyl (C=O) groups is 1. The lowest BCUT2D eigenvalue weighted by Gasteiger charge is -2.05. The van der Waals surface area contributed by atoms with Gasteiger partial charge in [0, 0.05) is 12.1 Å². The summed E-state index contributed by atoms with van der Waals surface area (Å²) in [6.45, 7) is 2.95. The summed E-state index contributed by atoms with van der Waals surface area (Å²) in [6, 6.07) is 24.8. The lowest BCUT2D eigenvalue weighted by atomic mass is 10.2. The van der Waals surface area contributed by atoms with Crippen LogP contribution in [0.5, 0.6) is 11.5 Å². The van der Waals surface area contributed by atoms with E-state index in [0.29, 0.717) is 11.3 Å². The van der Waals surface area contributed by atoms with Gasteiger partial charge in [-0.15, -0.1) is 0 Å². The standard InChI is InChI=1S/C23H20N2O2S/c1-2-16-25-20-10-6-7-11-21(20)28-23(25)24-22(26)17-12-14-19(15-13-17)27-18-8-4-3-5-9-18/h3-15H,2,16H2,1H3. The van der Waals surface area contributed by atoms with Gasteiger partial charge in [-0.25, -0.2) is 0 Å². The topological polar surface area (TPSA) is 43.6 Å². The fourth-order valence-corrected chi connectivity index (χ4v) is 4.04. The lowest BCUT2D eigenvalue weighted by Crippen LogP contribution is -2.16. The largest absolute Gasteiger partial charge is 0.457 e. The van der Waals surface area contributed by atoms with Gasteiger partial charge < -0.3 is 9.30 Å². The van der Waals surface area contributed by atoms with Gasteiger partial charge in [-0.05, 0) is 55.0 Å². The molecule has 0 saturated heterocycles. The van der Waals surface area contributed by atoms with Crippen LogP contribution in [0.4, 0.5) is 0 Å². The van der Waals surface area contributed by atoms with E-state index in [-0.39, 0.29) is 5.91 Å². The van der Waals surface area contributed by atoms with Gasteiger partial charge in [-0.3, -0.25) is 4.79 Å². The monoisotopic (exact) mass is 388 g/mol. The van der Waals surface area contributed by atoms with Gasteiger partial charge in [0.25, 0.3) is 5.91 Å². The second-order valence-electron chi connectivity index (χ2n) is 6.36. The molecule has 0 aliphatic carbocycles. The van der Waals surface area contributed by atoms with Crippen molar-refractivity contribution in [3.05, 3.63) is 89.2 Å². The summed E-state index contributed by atoms with van der Waals surface area (Å²) in [4.78, 5) is 17.8. The molecule has 1 heterocycles. The molecule has 0 N–H and O–H groups in total. The Labute approximate surface area is 167 Å². The van der Waals surface area contributed by atoms with Crippen molar-refractivity contribution >= 4 is 27.5 Å². The molecule has 0 saturated carbocycles. The summed E-state index contributed by atoms with van der Waals surface area (Å²) in [5.74, 6) is 1.20. The number of rotatable bonds is 5.